The Balaban J connectivity index is 4.35. The molecule has 0 radical (unpaired) electrons. The maximum Gasteiger partial charge on any atom is 0.238 e. The molecule has 0 aliphatic heterocycles. The largest absolute Gasteiger partial charge is 0.394 e. The summed E-state index contributed by atoms with van der Waals surface area (Å²) in [5, 5.41) is 14.1. The molecule has 0 saturated carbocycles. The third-order valence-corrected chi connectivity index (χ3v) is 3.05. The fourth-order valence-electron chi connectivity index (χ4n) is 1.60. The van der Waals surface area contributed by atoms with Crippen molar-refractivity contribution >= 4 is 31.1 Å². The SMILES string of the molecule is CC(N)CC(C=O)CNC(CS)C(=O)NC(C=O)CO. The van der Waals surface area contributed by atoms with E-state index in [0.29, 0.717) is 19.3 Å². The van der Waals surface area contributed by atoms with Crippen LogP contribution in [0.5, 0.6) is 0 Å². The molecule has 8 heteroatoms. The molecule has 0 aliphatic carbocycles. The summed E-state index contributed by atoms with van der Waals surface area (Å²) in [5.41, 5.74) is 5.62. The van der Waals surface area contributed by atoms with E-state index in [-0.39, 0.29) is 17.7 Å². The first-order valence-corrected chi connectivity index (χ1v) is 7.03. The highest BCUT2D eigenvalue weighted by Gasteiger charge is 2.21. The Labute approximate surface area is 124 Å². The fourth-order valence-corrected chi connectivity index (χ4v) is 1.90. The first kappa shape index (κ1) is 19.0. The Hall–Kier alpha value is -0.960. The minimum absolute atomic E-state index is 0.107. The van der Waals surface area contributed by atoms with Gasteiger partial charge in [0.15, 0.2) is 0 Å². The van der Waals surface area contributed by atoms with Crippen molar-refractivity contribution < 1.29 is 19.5 Å². The average molecular weight is 305 g/mol. The van der Waals surface area contributed by atoms with Crippen molar-refractivity contribution in [2.24, 2.45) is 11.7 Å². The molecule has 116 valence electrons. The monoisotopic (exact) mass is 305 g/mol. The van der Waals surface area contributed by atoms with Gasteiger partial charge in [0.2, 0.25) is 5.91 Å². The standard InChI is InChI=1S/C12H23N3O4S/c1-8(13)2-9(4-16)3-14-11(7-20)12(19)15-10(5-17)6-18/h4-5,8-11,14,18,20H,2-3,6-7,13H2,1H3,(H,15,19). The number of aliphatic hydroxyl groups is 1. The molecular formula is C12H23N3O4S. The van der Waals surface area contributed by atoms with Crippen LogP contribution in [0.1, 0.15) is 13.3 Å². The molecule has 4 atom stereocenters. The maximum atomic E-state index is 11.8. The number of hydrogen-bond donors (Lipinski definition) is 5. The lowest BCUT2D eigenvalue weighted by Gasteiger charge is -2.20. The van der Waals surface area contributed by atoms with E-state index in [1.54, 1.807) is 6.92 Å². The minimum atomic E-state index is -0.933. The van der Waals surface area contributed by atoms with Gasteiger partial charge in [-0.15, -0.1) is 0 Å². The number of aliphatic hydroxyl groups excluding tert-OH is 1. The molecule has 0 heterocycles. The molecule has 1 amide bonds. The molecule has 7 nitrogen and oxygen atoms in total. The van der Waals surface area contributed by atoms with Gasteiger partial charge in [-0.25, -0.2) is 0 Å². The minimum Gasteiger partial charge on any atom is -0.394 e. The second-order valence-corrected chi connectivity index (χ2v) is 5.05. The lowest BCUT2D eigenvalue weighted by Crippen LogP contribution is -2.51. The summed E-state index contributed by atoms with van der Waals surface area (Å²) >= 11 is 4.05. The zero-order valence-corrected chi connectivity index (χ0v) is 12.4. The molecule has 0 aliphatic rings. The van der Waals surface area contributed by atoms with Gasteiger partial charge in [-0.05, 0) is 13.3 Å². The highest BCUT2D eigenvalue weighted by atomic mass is 32.1. The van der Waals surface area contributed by atoms with E-state index in [4.69, 9.17) is 10.8 Å². The zero-order valence-electron chi connectivity index (χ0n) is 11.5. The molecule has 0 aromatic heterocycles. The predicted octanol–water partition coefficient (Wildman–Crippen LogP) is -1.90. The molecule has 0 spiro atoms. The Bertz CT molecular complexity index is 315. The highest BCUT2D eigenvalue weighted by Crippen LogP contribution is 2.02. The van der Waals surface area contributed by atoms with Gasteiger partial charge < -0.3 is 31.1 Å². The number of amides is 1. The Morgan fingerprint density at radius 1 is 1.40 bits per heavy atom. The molecule has 4 unspecified atom stereocenters. The number of rotatable bonds is 11. The highest BCUT2D eigenvalue weighted by molar-refractivity contribution is 7.80. The molecule has 0 rings (SSSR count). The van der Waals surface area contributed by atoms with Gasteiger partial charge in [-0.3, -0.25) is 4.79 Å². The normalized spacial score (nSPS) is 16.8. The lowest BCUT2D eigenvalue weighted by atomic mass is 10.0. The van der Waals surface area contributed by atoms with E-state index in [9.17, 15) is 14.4 Å². The second kappa shape index (κ2) is 10.8. The van der Waals surface area contributed by atoms with Crippen molar-refractivity contribution in [1.82, 2.24) is 10.6 Å². The van der Waals surface area contributed by atoms with Crippen LogP contribution in [0.3, 0.4) is 0 Å². The van der Waals surface area contributed by atoms with E-state index in [0.717, 1.165) is 6.29 Å². The number of thiol groups is 1. The van der Waals surface area contributed by atoms with E-state index in [1.807, 2.05) is 0 Å². The Kier molecular flexibility index (Phi) is 10.3. The molecule has 0 saturated heterocycles. The second-order valence-electron chi connectivity index (χ2n) is 4.69. The summed E-state index contributed by atoms with van der Waals surface area (Å²) in [4.78, 5) is 33.2. The number of hydrogen-bond acceptors (Lipinski definition) is 7. The van der Waals surface area contributed by atoms with Crippen LogP contribution in [0.2, 0.25) is 0 Å². The topological polar surface area (TPSA) is 122 Å². The summed E-state index contributed by atoms with van der Waals surface area (Å²) in [6.07, 6.45) is 1.77. The van der Waals surface area contributed by atoms with Gasteiger partial charge in [0, 0.05) is 24.3 Å². The first-order chi connectivity index (χ1) is 9.48. The van der Waals surface area contributed by atoms with Crippen LogP contribution in [0, 0.1) is 5.92 Å². The summed E-state index contributed by atoms with van der Waals surface area (Å²) in [6, 6.07) is -1.69. The number of carbonyl (C=O) groups is 3. The quantitative estimate of drug-likeness (QED) is 0.225. The van der Waals surface area contributed by atoms with Gasteiger partial charge in [0.05, 0.1) is 12.6 Å². The smallest absolute Gasteiger partial charge is 0.238 e. The Morgan fingerprint density at radius 2 is 2.05 bits per heavy atom. The molecular weight excluding hydrogens is 282 g/mol. The van der Waals surface area contributed by atoms with Gasteiger partial charge in [-0.2, -0.15) is 12.6 Å². The van der Waals surface area contributed by atoms with Crippen molar-refractivity contribution in [3.63, 3.8) is 0 Å². The molecule has 5 N–H and O–H groups in total. The molecule has 0 aromatic rings. The van der Waals surface area contributed by atoms with Crippen LogP contribution in [0.25, 0.3) is 0 Å². The van der Waals surface area contributed by atoms with E-state index >= 15 is 0 Å². The molecule has 20 heavy (non-hydrogen) atoms. The van der Waals surface area contributed by atoms with Gasteiger partial charge >= 0.3 is 0 Å². The van der Waals surface area contributed by atoms with Crippen LogP contribution in [-0.4, -0.2) is 60.6 Å². The number of nitrogens with two attached hydrogens (primary N) is 1. The third-order valence-electron chi connectivity index (χ3n) is 2.68. The van der Waals surface area contributed by atoms with E-state index in [1.165, 1.54) is 0 Å². The number of carbonyl (C=O) groups excluding carboxylic acids is 3. The predicted molar refractivity (Wildman–Crippen MR) is 78.5 cm³/mol. The lowest BCUT2D eigenvalue weighted by molar-refractivity contribution is -0.126. The summed E-state index contributed by atoms with van der Waals surface area (Å²) < 4.78 is 0. The van der Waals surface area contributed by atoms with Crippen LogP contribution in [0.15, 0.2) is 0 Å². The summed E-state index contributed by atoms with van der Waals surface area (Å²) in [7, 11) is 0. The number of aldehydes is 2. The van der Waals surface area contributed by atoms with Gasteiger partial charge in [0.25, 0.3) is 0 Å². The molecule has 0 bridgehead atoms. The van der Waals surface area contributed by atoms with Crippen LogP contribution in [-0.2, 0) is 14.4 Å². The summed E-state index contributed by atoms with van der Waals surface area (Å²) in [5.74, 6) is -0.534. The van der Waals surface area contributed by atoms with Crippen molar-refractivity contribution in [1.29, 1.82) is 0 Å². The first-order valence-electron chi connectivity index (χ1n) is 6.40. The van der Waals surface area contributed by atoms with Crippen LogP contribution >= 0.6 is 12.6 Å². The average Bonchev–Trinajstić information content (AvgIpc) is 2.43. The van der Waals surface area contributed by atoms with Crippen molar-refractivity contribution in [2.75, 3.05) is 18.9 Å². The molecule has 0 aromatic carbocycles. The third kappa shape index (κ3) is 7.59. The fraction of sp³-hybridized carbons (Fsp3) is 0.750. The van der Waals surface area contributed by atoms with Crippen LogP contribution in [0.4, 0.5) is 0 Å². The maximum absolute atomic E-state index is 11.8. The van der Waals surface area contributed by atoms with Crippen LogP contribution < -0.4 is 16.4 Å². The van der Waals surface area contributed by atoms with E-state index in [2.05, 4.69) is 23.3 Å². The summed E-state index contributed by atoms with van der Waals surface area (Å²) in [6.45, 7) is 1.64. The van der Waals surface area contributed by atoms with Gasteiger partial charge in [-0.1, -0.05) is 0 Å². The van der Waals surface area contributed by atoms with Gasteiger partial charge in [0.1, 0.15) is 18.6 Å². The van der Waals surface area contributed by atoms with Crippen molar-refractivity contribution in [3.8, 4) is 0 Å². The zero-order chi connectivity index (χ0) is 15.5. The molecule has 0 fully saturated rings. The van der Waals surface area contributed by atoms with Crippen molar-refractivity contribution in [3.05, 3.63) is 0 Å². The Morgan fingerprint density at radius 3 is 2.45 bits per heavy atom. The van der Waals surface area contributed by atoms with E-state index < -0.39 is 24.6 Å². The van der Waals surface area contributed by atoms with Crippen molar-refractivity contribution in [2.45, 2.75) is 31.5 Å². The number of nitrogens with one attached hydrogen (secondary N) is 2.